The number of hydrogen-bond donors (Lipinski definition) is 0. The number of rotatable bonds is 3. The Hall–Kier alpha value is -2.93. The highest BCUT2D eigenvalue weighted by Crippen LogP contribution is 2.37. The predicted octanol–water partition coefficient (Wildman–Crippen LogP) is 6.13. The van der Waals surface area contributed by atoms with Gasteiger partial charge in [-0.3, -0.25) is 0 Å². The summed E-state index contributed by atoms with van der Waals surface area (Å²) >= 11 is 0. The molecule has 0 fully saturated rings. The van der Waals surface area contributed by atoms with Gasteiger partial charge in [0.25, 0.3) is 0 Å². The molecule has 0 spiro atoms. The Bertz CT molecular complexity index is 973. The van der Waals surface area contributed by atoms with Crippen LogP contribution in [0.25, 0.3) is 33.3 Å². The molecule has 1 heteroatoms. The zero-order valence-corrected chi connectivity index (χ0v) is 13.7. The maximum Gasteiger partial charge on any atom is 0.0790 e. The smallest absolute Gasteiger partial charge is 0.0790 e. The second-order valence-corrected chi connectivity index (χ2v) is 5.92. The third-order valence-corrected chi connectivity index (χ3v) is 4.46. The number of hydrogen-bond acceptors (Lipinski definition) is 1. The van der Waals surface area contributed by atoms with Gasteiger partial charge in [0, 0.05) is 16.5 Å². The summed E-state index contributed by atoms with van der Waals surface area (Å²) < 4.78 is 0. The molecule has 116 valence electrons. The lowest BCUT2D eigenvalue weighted by Gasteiger charge is -2.17. The van der Waals surface area contributed by atoms with Gasteiger partial charge in [0.15, 0.2) is 0 Å². The molecule has 0 amide bonds. The second-order valence-electron chi connectivity index (χ2n) is 5.92. The molecular weight excluding hydrogens is 290 g/mol. The third kappa shape index (κ3) is 2.48. The molecule has 0 atom stereocenters. The van der Waals surface area contributed by atoms with Crippen LogP contribution >= 0.6 is 0 Å². The molecule has 0 saturated carbocycles. The number of para-hydroxylation sites is 1. The van der Waals surface area contributed by atoms with Gasteiger partial charge in [-0.05, 0) is 23.6 Å². The minimum Gasteiger partial charge on any atom is -0.247 e. The molecule has 0 saturated heterocycles. The first-order valence-electron chi connectivity index (χ1n) is 8.41. The summed E-state index contributed by atoms with van der Waals surface area (Å²) in [6.45, 7) is 2.23. The summed E-state index contributed by atoms with van der Waals surface area (Å²) in [5.74, 6) is 0. The van der Waals surface area contributed by atoms with E-state index in [1.807, 2.05) is 6.07 Å². The van der Waals surface area contributed by atoms with Crippen LogP contribution in [0.15, 0.2) is 84.9 Å². The molecule has 0 N–H and O–H groups in total. The van der Waals surface area contributed by atoms with E-state index in [9.17, 15) is 0 Å². The average Bonchev–Trinajstić information content (AvgIpc) is 2.67. The normalized spacial score (nSPS) is 10.9. The van der Waals surface area contributed by atoms with Crippen LogP contribution in [0.1, 0.15) is 12.5 Å². The minimum absolute atomic E-state index is 0.979. The molecule has 0 aliphatic rings. The zero-order chi connectivity index (χ0) is 16.4. The van der Waals surface area contributed by atoms with Crippen molar-refractivity contribution in [3.8, 4) is 22.4 Å². The molecule has 1 heterocycles. The van der Waals surface area contributed by atoms with E-state index in [-0.39, 0.29) is 0 Å². The molecule has 0 bridgehead atoms. The van der Waals surface area contributed by atoms with Crippen molar-refractivity contribution in [2.45, 2.75) is 13.3 Å². The van der Waals surface area contributed by atoms with E-state index in [0.717, 1.165) is 23.2 Å². The molecule has 1 nitrogen and oxygen atoms in total. The van der Waals surface area contributed by atoms with Gasteiger partial charge in [0.1, 0.15) is 0 Å². The lowest BCUT2D eigenvalue weighted by Crippen LogP contribution is -1.98. The van der Waals surface area contributed by atoms with E-state index in [4.69, 9.17) is 4.98 Å². The molecule has 24 heavy (non-hydrogen) atoms. The van der Waals surface area contributed by atoms with Crippen molar-refractivity contribution in [3.63, 3.8) is 0 Å². The van der Waals surface area contributed by atoms with Crippen molar-refractivity contribution in [2.75, 3.05) is 0 Å². The van der Waals surface area contributed by atoms with Gasteiger partial charge in [0.2, 0.25) is 0 Å². The summed E-state index contributed by atoms with van der Waals surface area (Å²) in [4.78, 5) is 5.03. The zero-order valence-electron chi connectivity index (χ0n) is 13.7. The number of fused-ring (bicyclic) bond motifs is 1. The number of aryl methyl sites for hydroxylation is 1. The Balaban J connectivity index is 2.13. The monoisotopic (exact) mass is 309 g/mol. The lowest BCUT2D eigenvalue weighted by atomic mass is 9.90. The van der Waals surface area contributed by atoms with E-state index < -0.39 is 0 Å². The van der Waals surface area contributed by atoms with Gasteiger partial charge in [-0.2, -0.15) is 0 Å². The second kappa shape index (κ2) is 6.29. The van der Waals surface area contributed by atoms with Crippen molar-refractivity contribution >= 4 is 10.9 Å². The van der Waals surface area contributed by atoms with Crippen molar-refractivity contribution in [2.24, 2.45) is 0 Å². The van der Waals surface area contributed by atoms with Crippen molar-refractivity contribution in [3.05, 3.63) is 90.5 Å². The molecule has 4 aromatic rings. The fraction of sp³-hybridized carbons (Fsp3) is 0.0870. The standard InChI is InChI=1S/C23H19N/c1-2-19-20-15-9-10-16-21(20)24-23(18-13-7-4-8-14-18)22(19)17-11-5-3-6-12-17/h3-16H,2H2,1H3. The molecule has 0 radical (unpaired) electrons. The first-order chi connectivity index (χ1) is 11.9. The fourth-order valence-corrected chi connectivity index (χ4v) is 3.37. The van der Waals surface area contributed by atoms with Crippen LogP contribution < -0.4 is 0 Å². The van der Waals surface area contributed by atoms with Crippen molar-refractivity contribution in [1.29, 1.82) is 0 Å². The molecular formula is C23H19N. The number of pyridine rings is 1. The van der Waals surface area contributed by atoms with E-state index in [0.29, 0.717) is 0 Å². The van der Waals surface area contributed by atoms with Gasteiger partial charge in [-0.1, -0.05) is 85.8 Å². The molecule has 3 aromatic carbocycles. The van der Waals surface area contributed by atoms with Gasteiger partial charge >= 0.3 is 0 Å². The summed E-state index contributed by atoms with van der Waals surface area (Å²) in [5.41, 5.74) is 7.14. The predicted molar refractivity (Wildman–Crippen MR) is 102 cm³/mol. The molecule has 0 unspecified atom stereocenters. The number of nitrogens with zero attached hydrogens (tertiary/aromatic N) is 1. The van der Waals surface area contributed by atoms with Crippen LogP contribution in [0.4, 0.5) is 0 Å². The van der Waals surface area contributed by atoms with E-state index in [1.165, 1.54) is 22.1 Å². The van der Waals surface area contributed by atoms with Crippen LogP contribution in [0.3, 0.4) is 0 Å². The van der Waals surface area contributed by atoms with Gasteiger partial charge in [-0.15, -0.1) is 0 Å². The Labute approximate surface area is 142 Å². The highest BCUT2D eigenvalue weighted by Gasteiger charge is 2.16. The SMILES string of the molecule is CCc1c(-c2ccccc2)c(-c2ccccc2)nc2ccccc12. The fourth-order valence-electron chi connectivity index (χ4n) is 3.37. The first-order valence-corrected chi connectivity index (χ1v) is 8.41. The van der Waals surface area contributed by atoms with E-state index >= 15 is 0 Å². The Morgan fingerprint density at radius 1 is 0.667 bits per heavy atom. The van der Waals surface area contributed by atoms with Crippen LogP contribution in [-0.4, -0.2) is 4.98 Å². The van der Waals surface area contributed by atoms with Crippen molar-refractivity contribution < 1.29 is 0 Å². The molecule has 0 aliphatic carbocycles. The average molecular weight is 309 g/mol. The number of benzene rings is 3. The summed E-state index contributed by atoms with van der Waals surface area (Å²) in [6, 6.07) is 29.5. The molecule has 4 rings (SSSR count). The van der Waals surface area contributed by atoms with Crippen molar-refractivity contribution in [1.82, 2.24) is 4.98 Å². The minimum atomic E-state index is 0.979. The number of aromatic nitrogens is 1. The Morgan fingerprint density at radius 3 is 1.92 bits per heavy atom. The van der Waals surface area contributed by atoms with Crippen LogP contribution in [-0.2, 0) is 6.42 Å². The summed E-state index contributed by atoms with van der Waals surface area (Å²) in [5, 5.41) is 1.25. The maximum atomic E-state index is 5.03. The van der Waals surface area contributed by atoms with Crippen LogP contribution in [0.5, 0.6) is 0 Å². The topological polar surface area (TPSA) is 12.9 Å². The Kier molecular flexibility index (Phi) is 3.84. The quantitative estimate of drug-likeness (QED) is 0.443. The van der Waals surface area contributed by atoms with E-state index in [2.05, 4.69) is 85.8 Å². The highest BCUT2D eigenvalue weighted by atomic mass is 14.7. The highest BCUT2D eigenvalue weighted by molar-refractivity contribution is 5.95. The van der Waals surface area contributed by atoms with Gasteiger partial charge < -0.3 is 0 Å². The maximum absolute atomic E-state index is 5.03. The van der Waals surface area contributed by atoms with Crippen LogP contribution in [0, 0.1) is 0 Å². The summed E-state index contributed by atoms with van der Waals surface area (Å²) in [6.07, 6.45) is 0.979. The van der Waals surface area contributed by atoms with Gasteiger partial charge in [0.05, 0.1) is 11.2 Å². The molecule has 1 aromatic heterocycles. The summed E-state index contributed by atoms with van der Waals surface area (Å²) in [7, 11) is 0. The largest absolute Gasteiger partial charge is 0.247 e. The van der Waals surface area contributed by atoms with Gasteiger partial charge in [-0.25, -0.2) is 4.98 Å². The molecule has 0 aliphatic heterocycles. The lowest BCUT2D eigenvalue weighted by molar-refractivity contribution is 1.15. The van der Waals surface area contributed by atoms with Crippen LogP contribution in [0.2, 0.25) is 0 Å². The van der Waals surface area contributed by atoms with E-state index in [1.54, 1.807) is 0 Å². The third-order valence-electron chi connectivity index (χ3n) is 4.46. The first kappa shape index (κ1) is 14.6. The Morgan fingerprint density at radius 2 is 1.25 bits per heavy atom.